The molecule has 0 fully saturated rings. The fourth-order valence-electron chi connectivity index (χ4n) is 2.90. The van der Waals surface area contributed by atoms with Crippen LogP contribution in [0.1, 0.15) is 47.1 Å². The van der Waals surface area contributed by atoms with Crippen LogP contribution in [0.3, 0.4) is 0 Å². The monoisotopic (exact) mass is 496 g/mol. The van der Waals surface area contributed by atoms with E-state index in [-0.39, 0.29) is 6.42 Å². The highest BCUT2D eigenvalue weighted by atomic mass is 79.9. The van der Waals surface area contributed by atoms with E-state index in [4.69, 9.17) is 14.2 Å². The minimum Gasteiger partial charge on any atom is -0.467 e. The van der Waals surface area contributed by atoms with Crippen LogP contribution in [0.5, 0.6) is 0 Å². The average molecular weight is 497 g/mol. The maximum atomic E-state index is 12.7. The number of methoxy groups -OCH3 is 1. The molecule has 170 valence electrons. The van der Waals surface area contributed by atoms with Crippen molar-refractivity contribution < 1.29 is 28.6 Å². The summed E-state index contributed by atoms with van der Waals surface area (Å²) in [7, 11) is 1.24. The van der Waals surface area contributed by atoms with E-state index in [2.05, 4.69) is 21.2 Å². The molecule has 0 saturated heterocycles. The van der Waals surface area contributed by atoms with Gasteiger partial charge in [0, 0.05) is 22.5 Å². The average Bonchev–Trinajstić information content (AvgIpc) is 2.95. The molecule has 8 nitrogen and oxygen atoms in total. The molecule has 31 heavy (non-hydrogen) atoms. The fourth-order valence-corrected chi connectivity index (χ4v) is 3.26. The summed E-state index contributed by atoms with van der Waals surface area (Å²) in [6.07, 6.45) is 0.424. The van der Waals surface area contributed by atoms with Crippen LogP contribution in [0, 0.1) is 0 Å². The van der Waals surface area contributed by atoms with Crippen LogP contribution in [0.4, 0.5) is 9.59 Å². The van der Waals surface area contributed by atoms with Crippen molar-refractivity contribution in [2.75, 3.05) is 7.11 Å². The summed E-state index contributed by atoms with van der Waals surface area (Å²) in [5.74, 6) is -0.626. The minimum absolute atomic E-state index is 0.0919. The first kappa shape index (κ1) is 24.7. The summed E-state index contributed by atoms with van der Waals surface area (Å²) in [5.41, 5.74) is -0.111. The summed E-state index contributed by atoms with van der Waals surface area (Å²) < 4.78 is 17.8. The van der Waals surface area contributed by atoms with Crippen LogP contribution >= 0.6 is 15.9 Å². The molecule has 0 aliphatic carbocycles. The van der Waals surface area contributed by atoms with Crippen molar-refractivity contribution in [3.63, 3.8) is 0 Å². The molecule has 9 heteroatoms. The van der Waals surface area contributed by atoms with Gasteiger partial charge in [0.2, 0.25) is 0 Å². The zero-order chi connectivity index (χ0) is 23.6. The second kappa shape index (κ2) is 9.30. The topological polar surface area (TPSA) is 95.9 Å². The number of amides is 1. The second-order valence-corrected chi connectivity index (χ2v) is 10.0. The Morgan fingerprint density at radius 2 is 1.68 bits per heavy atom. The van der Waals surface area contributed by atoms with Crippen molar-refractivity contribution in [3.05, 3.63) is 34.4 Å². The van der Waals surface area contributed by atoms with E-state index < -0.39 is 35.4 Å². The maximum absolute atomic E-state index is 12.7. The number of benzene rings is 1. The lowest BCUT2D eigenvalue weighted by molar-refractivity contribution is -0.143. The maximum Gasteiger partial charge on any atom is 0.419 e. The molecule has 1 aromatic carbocycles. The van der Waals surface area contributed by atoms with E-state index in [1.165, 1.54) is 11.7 Å². The van der Waals surface area contributed by atoms with E-state index in [1.807, 2.05) is 12.1 Å². The lowest BCUT2D eigenvalue weighted by Crippen LogP contribution is -2.45. The number of esters is 1. The van der Waals surface area contributed by atoms with Crippen LogP contribution in [0.15, 0.2) is 28.9 Å². The number of hydrogen-bond donors (Lipinski definition) is 1. The van der Waals surface area contributed by atoms with Crippen molar-refractivity contribution in [3.8, 4) is 0 Å². The Labute approximate surface area is 190 Å². The summed E-state index contributed by atoms with van der Waals surface area (Å²) >= 11 is 3.44. The molecule has 1 N–H and O–H groups in total. The minimum atomic E-state index is -1.00. The summed E-state index contributed by atoms with van der Waals surface area (Å²) in [5, 5.41) is 3.29. The SMILES string of the molecule is COC(=O)C(Cc1cn(C(=O)OC(C)(C)C)c2ccc(Br)cc12)NC(=O)OC(C)(C)C. The number of fused-ring (bicyclic) bond motifs is 1. The quantitative estimate of drug-likeness (QED) is 0.482. The molecular formula is C22H29BrN2O6. The van der Waals surface area contributed by atoms with Gasteiger partial charge in [-0.05, 0) is 65.3 Å². The number of carbonyl (C=O) groups is 3. The van der Waals surface area contributed by atoms with Gasteiger partial charge in [-0.15, -0.1) is 0 Å². The van der Waals surface area contributed by atoms with Crippen LogP contribution in [0.2, 0.25) is 0 Å². The number of ether oxygens (including phenoxy) is 3. The van der Waals surface area contributed by atoms with Gasteiger partial charge in [-0.1, -0.05) is 15.9 Å². The number of alkyl carbamates (subject to hydrolysis) is 1. The van der Waals surface area contributed by atoms with E-state index in [1.54, 1.807) is 53.8 Å². The van der Waals surface area contributed by atoms with Crippen molar-refractivity contribution in [1.82, 2.24) is 9.88 Å². The number of carbonyl (C=O) groups excluding carboxylic acids is 3. The van der Waals surface area contributed by atoms with Gasteiger partial charge in [-0.3, -0.25) is 4.57 Å². The molecule has 0 bridgehead atoms. The molecule has 2 aromatic rings. The normalized spacial score (nSPS) is 12.9. The number of aromatic nitrogens is 1. The summed E-state index contributed by atoms with van der Waals surface area (Å²) in [6.45, 7) is 10.5. The Kier molecular flexibility index (Phi) is 7.41. The molecular weight excluding hydrogens is 468 g/mol. The zero-order valence-electron chi connectivity index (χ0n) is 18.9. The zero-order valence-corrected chi connectivity index (χ0v) is 20.5. The largest absolute Gasteiger partial charge is 0.467 e. The number of rotatable bonds is 4. The van der Waals surface area contributed by atoms with Crippen molar-refractivity contribution in [2.24, 2.45) is 0 Å². The van der Waals surface area contributed by atoms with Gasteiger partial charge in [0.15, 0.2) is 0 Å². The Morgan fingerprint density at radius 3 is 2.23 bits per heavy atom. The molecule has 1 amide bonds. The van der Waals surface area contributed by atoms with Crippen LogP contribution in [-0.4, -0.2) is 47.1 Å². The second-order valence-electron chi connectivity index (χ2n) is 9.09. The predicted octanol–water partition coefficient (Wildman–Crippen LogP) is 4.80. The van der Waals surface area contributed by atoms with Gasteiger partial charge in [0.1, 0.15) is 17.2 Å². The smallest absolute Gasteiger partial charge is 0.419 e. The third-order valence-corrected chi connectivity index (χ3v) is 4.53. The molecule has 1 atom stereocenters. The molecule has 0 aliphatic heterocycles. The van der Waals surface area contributed by atoms with Crippen LogP contribution in [-0.2, 0) is 25.4 Å². The van der Waals surface area contributed by atoms with E-state index in [0.29, 0.717) is 11.1 Å². The third kappa shape index (κ3) is 6.99. The van der Waals surface area contributed by atoms with Gasteiger partial charge < -0.3 is 19.5 Å². The molecule has 2 rings (SSSR count). The first-order chi connectivity index (χ1) is 14.2. The standard InChI is InChI=1S/C22H29BrN2O6/c1-21(2,3)30-19(27)24-16(18(26)29-7)10-13-12-25(20(28)31-22(4,5)6)17-9-8-14(23)11-15(13)17/h8-9,11-12,16H,10H2,1-7H3,(H,24,27). The molecule has 0 saturated carbocycles. The van der Waals surface area contributed by atoms with Crippen molar-refractivity contribution in [2.45, 2.75) is 65.2 Å². The van der Waals surface area contributed by atoms with Gasteiger partial charge in [0.25, 0.3) is 0 Å². The highest BCUT2D eigenvalue weighted by Crippen LogP contribution is 2.27. The number of halogens is 1. The highest BCUT2D eigenvalue weighted by molar-refractivity contribution is 9.10. The van der Waals surface area contributed by atoms with Gasteiger partial charge in [0.05, 0.1) is 12.6 Å². The predicted molar refractivity (Wildman–Crippen MR) is 120 cm³/mol. The van der Waals surface area contributed by atoms with Gasteiger partial charge >= 0.3 is 18.2 Å². The Hall–Kier alpha value is -2.55. The number of nitrogens with zero attached hydrogens (tertiary/aromatic N) is 1. The molecule has 0 radical (unpaired) electrons. The van der Waals surface area contributed by atoms with Gasteiger partial charge in [-0.25, -0.2) is 14.4 Å². The van der Waals surface area contributed by atoms with Crippen LogP contribution < -0.4 is 5.32 Å². The Balaban J connectivity index is 2.42. The van der Waals surface area contributed by atoms with Crippen molar-refractivity contribution in [1.29, 1.82) is 0 Å². The molecule has 1 aromatic heterocycles. The Bertz CT molecular complexity index is 984. The fraction of sp³-hybridized carbons (Fsp3) is 0.500. The van der Waals surface area contributed by atoms with Crippen molar-refractivity contribution >= 4 is 45.0 Å². The Morgan fingerprint density at radius 1 is 1.06 bits per heavy atom. The van der Waals surface area contributed by atoms with E-state index >= 15 is 0 Å². The molecule has 1 heterocycles. The van der Waals surface area contributed by atoms with E-state index in [0.717, 1.165) is 9.86 Å². The molecule has 0 spiro atoms. The third-order valence-electron chi connectivity index (χ3n) is 4.04. The highest BCUT2D eigenvalue weighted by Gasteiger charge is 2.28. The number of hydrogen-bond acceptors (Lipinski definition) is 6. The molecule has 1 unspecified atom stereocenters. The van der Waals surface area contributed by atoms with Crippen LogP contribution in [0.25, 0.3) is 10.9 Å². The lowest BCUT2D eigenvalue weighted by Gasteiger charge is -2.22. The summed E-state index contributed by atoms with van der Waals surface area (Å²) in [6, 6.07) is 4.43. The van der Waals surface area contributed by atoms with E-state index in [9.17, 15) is 14.4 Å². The summed E-state index contributed by atoms with van der Waals surface area (Å²) in [4.78, 5) is 37.3. The lowest BCUT2D eigenvalue weighted by atomic mass is 10.1. The molecule has 0 aliphatic rings. The first-order valence-corrected chi connectivity index (χ1v) is 10.6. The first-order valence-electron chi connectivity index (χ1n) is 9.80. The number of nitrogens with one attached hydrogen (secondary N) is 1. The van der Waals surface area contributed by atoms with Gasteiger partial charge in [-0.2, -0.15) is 0 Å².